The fraction of sp³-hybridized carbons (Fsp3) is 0.350. The second-order valence-electron chi connectivity index (χ2n) is 19.2. The minimum atomic E-state index is -0.395. The summed E-state index contributed by atoms with van der Waals surface area (Å²) in [5.41, 5.74) is 8.79. The van der Waals surface area contributed by atoms with Gasteiger partial charge in [-0.25, -0.2) is 0 Å². The van der Waals surface area contributed by atoms with Crippen LogP contribution in [-0.4, -0.2) is 103 Å². The van der Waals surface area contributed by atoms with Crippen molar-refractivity contribution in [1.82, 2.24) is 20.9 Å². The molecule has 398 valence electrons. The molecule has 12 heterocycles. The Hall–Kier alpha value is -8.11. The van der Waals surface area contributed by atoms with E-state index in [9.17, 15) is 14.4 Å². The van der Waals surface area contributed by atoms with E-state index in [1.54, 1.807) is 21.3 Å². The van der Waals surface area contributed by atoms with Crippen molar-refractivity contribution in [1.29, 1.82) is 0 Å². The first-order valence-corrected chi connectivity index (χ1v) is 25.7. The Morgan fingerprint density at radius 1 is 0.382 bits per heavy atom. The van der Waals surface area contributed by atoms with Gasteiger partial charge >= 0.3 is 0 Å². The van der Waals surface area contributed by atoms with Crippen molar-refractivity contribution in [2.75, 3.05) is 80.6 Å². The third kappa shape index (κ3) is 13.2. The van der Waals surface area contributed by atoms with Gasteiger partial charge in [-0.2, -0.15) is 0 Å². The number of benzene rings is 6. The van der Waals surface area contributed by atoms with Gasteiger partial charge in [-0.1, -0.05) is 36.4 Å². The molecule has 1 aliphatic carbocycles. The third-order valence-electron chi connectivity index (χ3n) is 13.8. The largest absolute Gasteiger partial charge is 0.493 e. The van der Waals surface area contributed by atoms with Crippen LogP contribution in [0.2, 0.25) is 0 Å². The fourth-order valence-electron chi connectivity index (χ4n) is 9.73. The highest BCUT2D eigenvalue weighted by Crippen LogP contribution is 2.41. The summed E-state index contributed by atoms with van der Waals surface area (Å²) in [7, 11) is 4.91. The quantitative estimate of drug-likeness (QED) is 0.155. The van der Waals surface area contributed by atoms with Crippen LogP contribution in [0.5, 0.6) is 51.7 Å². The maximum Gasteiger partial charge on any atom is 0.234 e. The van der Waals surface area contributed by atoms with E-state index in [0.29, 0.717) is 71.0 Å². The highest BCUT2D eigenvalue weighted by Gasteiger charge is 2.25. The van der Waals surface area contributed by atoms with E-state index < -0.39 is 18.1 Å². The van der Waals surface area contributed by atoms with E-state index >= 15 is 0 Å². The molecule has 3 N–H and O–H groups in total. The first kappa shape index (κ1) is 52.7. The standard InChI is InChI=1S/C60H66N4O12/c1-37-40-7-13-49(14-8-40)71-19-22-74-55-31-46-25-44-29-53(69-5)57-33-48(44)27-45-30-54(70-6)56(32-47(45)26-43(46)28-52(55)68-4)75-23-20-72-50-15-9-41(10-16-50)38(2)62-59(66)35-64(34-58(65)61-37)36-60(67)63-39(3)42-11-17-51(18-12-42)73-21-24-76-57/h7-18,28-33,37-39H,19-27,34-36H2,1-6H3,(H,61,65)(H,62,66)(H,63,67)/t37-,38-,39-/m0/s1. The number of carbonyl (C=O) groups is 3. The van der Waals surface area contributed by atoms with Crippen LogP contribution in [0, 0.1) is 0 Å². The first-order valence-electron chi connectivity index (χ1n) is 25.7. The lowest BCUT2D eigenvalue weighted by molar-refractivity contribution is -0.128. The Morgan fingerprint density at radius 3 is 0.895 bits per heavy atom. The molecule has 3 amide bonds. The van der Waals surface area contributed by atoms with E-state index in [4.69, 9.17) is 42.6 Å². The SMILES string of the molecule is COc1cc2c3cc1OCCOc1ccc(cc1)[C@H](C)NC(=O)CN1CC(=O)N[C@@H](C)c4ccc(cc4)OCCOc4cc(c(cc4OC)C3)Cc3cc(OC)c(cc3C2)OCCOc2ccc(cc2)[C@H](C)NC(=O)C1. The highest BCUT2D eigenvalue weighted by atomic mass is 16.6. The molecule has 19 rings (SSSR count). The second kappa shape index (κ2) is 24.5. The molecule has 0 spiro atoms. The molecule has 0 fully saturated rings. The fourth-order valence-corrected chi connectivity index (χ4v) is 9.73. The molecular formula is C60H66N4O12. The van der Waals surface area contributed by atoms with Crippen molar-refractivity contribution in [3.63, 3.8) is 0 Å². The number of hydrogen-bond donors (Lipinski definition) is 3. The minimum Gasteiger partial charge on any atom is -0.493 e. The summed E-state index contributed by atoms with van der Waals surface area (Å²) < 4.78 is 55.6. The van der Waals surface area contributed by atoms with E-state index in [2.05, 4.69) is 34.1 Å². The van der Waals surface area contributed by atoms with Gasteiger partial charge in [0.2, 0.25) is 17.7 Å². The minimum absolute atomic E-state index is 0.214. The maximum absolute atomic E-state index is 13.7. The van der Waals surface area contributed by atoms with E-state index in [-0.39, 0.29) is 77.0 Å². The van der Waals surface area contributed by atoms with Crippen LogP contribution in [0.1, 0.15) is 89.0 Å². The average molecular weight is 1040 g/mol. The van der Waals surface area contributed by atoms with Crippen molar-refractivity contribution in [3.8, 4) is 51.7 Å². The van der Waals surface area contributed by atoms with Crippen LogP contribution in [0.25, 0.3) is 0 Å². The van der Waals surface area contributed by atoms with Crippen LogP contribution in [0.4, 0.5) is 0 Å². The molecule has 0 saturated carbocycles. The first-order chi connectivity index (χ1) is 36.9. The average Bonchev–Trinajstić information content (AvgIpc) is 3.49. The van der Waals surface area contributed by atoms with Crippen molar-refractivity contribution in [3.05, 3.63) is 159 Å². The summed E-state index contributed by atoms with van der Waals surface area (Å²) in [6.45, 7) is 6.40. The maximum atomic E-state index is 13.7. The monoisotopic (exact) mass is 1030 g/mol. The Labute approximate surface area is 443 Å². The smallest absolute Gasteiger partial charge is 0.234 e. The van der Waals surface area contributed by atoms with Gasteiger partial charge in [0.15, 0.2) is 34.5 Å². The van der Waals surface area contributed by atoms with Gasteiger partial charge in [0.1, 0.15) is 56.9 Å². The van der Waals surface area contributed by atoms with Crippen molar-refractivity contribution in [2.24, 2.45) is 0 Å². The summed E-state index contributed by atoms with van der Waals surface area (Å²) in [5, 5.41) is 9.12. The Morgan fingerprint density at radius 2 is 0.632 bits per heavy atom. The van der Waals surface area contributed by atoms with Gasteiger partial charge in [-0.3, -0.25) is 19.3 Å². The summed E-state index contributed by atoms with van der Waals surface area (Å²) >= 11 is 0. The van der Waals surface area contributed by atoms with Crippen molar-refractivity contribution in [2.45, 2.75) is 58.2 Å². The predicted octanol–water partition coefficient (Wildman–Crippen LogP) is 8.03. The summed E-state index contributed by atoms with van der Waals surface area (Å²) in [5.74, 6) is 4.30. The molecule has 0 radical (unpaired) electrons. The number of nitrogens with one attached hydrogen (secondary N) is 3. The zero-order valence-corrected chi connectivity index (χ0v) is 44.0. The van der Waals surface area contributed by atoms with Gasteiger partial charge in [0.25, 0.3) is 0 Å². The topological polar surface area (TPSA) is 174 Å². The Bertz CT molecular complexity index is 2680. The molecule has 0 saturated heterocycles. The normalized spacial score (nSPS) is 19.6. The lowest BCUT2D eigenvalue weighted by atomic mass is 9.94. The Kier molecular flexibility index (Phi) is 17.0. The molecule has 6 aromatic rings. The Balaban J connectivity index is 1.11. The summed E-state index contributed by atoms with van der Waals surface area (Å²) in [6.07, 6.45) is 1.68. The zero-order chi connectivity index (χ0) is 53.1. The lowest BCUT2D eigenvalue weighted by Gasteiger charge is -2.24. The summed E-state index contributed by atoms with van der Waals surface area (Å²) in [4.78, 5) is 42.6. The highest BCUT2D eigenvalue weighted by molar-refractivity contribution is 5.84. The number of amides is 3. The molecule has 6 aromatic carbocycles. The number of ether oxygens (including phenoxy) is 9. The molecule has 3 atom stereocenters. The molecular weight excluding hydrogens is 969 g/mol. The number of rotatable bonds is 3. The molecule has 16 nitrogen and oxygen atoms in total. The molecule has 12 aliphatic heterocycles. The zero-order valence-electron chi connectivity index (χ0n) is 44.0. The van der Waals surface area contributed by atoms with Gasteiger partial charge < -0.3 is 58.6 Å². The van der Waals surface area contributed by atoms with Gasteiger partial charge in [0, 0.05) is 0 Å². The molecule has 0 aromatic heterocycles. The van der Waals surface area contributed by atoms with E-state index in [1.165, 1.54) is 4.90 Å². The van der Waals surface area contributed by atoms with Crippen LogP contribution in [0.15, 0.2) is 109 Å². The van der Waals surface area contributed by atoms with Gasteiger partial charge in [-0.15, -0.1) is 0 Å². The van der Waals surface area contributed by atoms with Crippen LogP contribution < -0.4 is 58.6 Å². The van der Waals surface area contributed by atoms with Gasteiger partial charge in [-0.05, 0) is 163 Å². The van der Waals surface area contributed by atoms with E-state index in [1.807, 2.05) is 112 Å². The number of nitrogens with zero attached hydrogens (tertiary/aromatic N) is 1. The third-order valence-corrected chi connectivity index (χ3v) is 13.8. The van der Waals surface area contributed by atoms with Crippen molar-refractivity contribution >= 4 is 17.7 Å². The molecule has 0 unspecified atom stereocenters. The van der Waals surface area contributed by atoms with Crippen LogP contribution in [-0.2, 0) is 33.6 Å². The number of methoxy groups -OCH3 is 3. The number of hydrogen-bond acceptors (Lipinski definition) is 13. The van der Waals surface area contributed by atoms with Crippen LogP contribution in [0.3, 0.4) is 0 Å². The molecule has 16 bridgehead atoms. The van der Waals surface area contributed by atoms with Crippen molar-refractivity contribution < 1.29 is 57.0 Å². The summed E-state index contributed by atoms with van der Waals surface area (Å²) in [6, 6.07) is 33.5. The molecule has 76 heavy (non-hydrogen) atoms. The molecule has 13 aliphatic rings. The van der Waals surface area contributed by atoms with E-state index in [0.717, 1.165) is 50.1 Å². The predicted molar refractivity (Wildman–Crippen MR) is 286 cm³/mol. The van der Waals surface area contributed by atoms with Crippen LogP contribution >= 0.6 is 0 Å². The van der Waals surface area contributed by atoms with Gasteiger partial charge in [0.05, 0.1) is 59.1 Å². The lowest BCUT2D eigenvalue weighted by Crippen LogP contribution is -2.47. The molecule has 16 heteroatoms. The second-order valence-corrected chi connectivity index (χ2v) is 19.2. The number of carbonyl (C=O) groups excluding carboxylic acids is 3. The number of fused-ring (bicyclic) bond motifs is 1.